The minimum atomic E-state index is -4.60. The van der Waals surface area contributed by atoms with Gasteiger partial charge in [-0.15, -0.1) is 0 Å². The summed E-state index contributed by atoms with van der Waals surface area (Å²) in [6.07, 6.45) is -3.00. The molecule has 28 heavy (non-hydrogen) atoms. The van der Waals surface area contributed by atoms with Gasteiger partial charge in [-0.2, -0.15) is 13.2 Å². The van der Waals surface area contributed by atoms with Gasteiger partial charge in [0.2, 0.25) is 0 Å². The van der Waals surface area contributed by atoms with E-state index in [9.17, 15) is 18.0 Å². The Morgan fingerprint density at radius 3 is 2.43 bits per heavy atom. The SMILES string of the molecule is COc1ccc(NC(=O)c2ccc(-c3ncccc3Cl)cc2)cc1C(F)(F)F. The van der Waals surface area contributed by atoms with Gasteiger partial charge in [-0.05, 0) is 42.5 Å². The topological polar surface area (TPSA) is 51.2 Å². The lowest BCUT2D eigenvalue weighted by Gasteiger charge is -2.14. The number of anilines is 1. The number of hydrogen-bond donors (Lipinski definition) is 1. The van der Waals surface area contributed by atoms with Gasteiger partial charge in [0.15, 0.2) is 0 Å². The Bertz CT molecular complexity index is 1010. The summed E-state index contributed by atoms with van der Waals surface area (Å²) in [5.41, 5.74) is 0.607. The normalized spacial score (nSPS) is 11.2. The lowest BCUT2D eigenvalue weighted by atomic mass is 10.1. The van der Waals surface area contributed by atoms with Crippen molar-refractivity contribution in [3.63, 3.8) is 0 Å². The third-order valence-corrected chi connectivity index (χ3v) is 4.25. The van der Waals surface area contributed by atoms with Crippen LogP contribution in [-0.2, 0) is 6.18 Å². The molecule has 0 aliphatic rings. The first-order valence-electron chi connectivity index (χ1n) is 8.07. The largest absolute Gasteiger partial charge is 0.496 e. The van der Waals surface area contributed by atoms with Gasteiger partial charge in [-0.3, -0.25) is 9.78 Å². The molecule has 1 aromatic heterocycles. The van der Waals surface area contributed by atoms with Gasteiger partial charge in [0.05, 0.1) is 23.4 Å². The van der Waals surface area contributed by atoms with Crippen molar-refractivity contribution >= 4 is 23.2 Å². The average Bonchev–Trinajstić information content (AvgIpc) is 2.68. The Balaban J connectivity index is 1.81. The van der Waals surface area contributed by atoms with E-state index in [1.807, 2.05) is 0 Å². The number of pyridine rings is 1. The lowest BCUT2D eigenvalue weighted by Crippen LogP contribution is -2.13. The van der Waals surface area contributed by atoms with Crippen LogP contribution in [0.5, 0.6) is 5.75 Å². The number of halogens is 4. The molecule has 4 nitrogen and oxygen atoms in total. The van der Waals surface area contributed by atoms with E-state index < -0.39 is 17.6 Å². The Kier molecular flexibility index (Phi) is 5.56. The van der Waals surface area contributed by atoms with Crippen LogP contribution >= 0.6 is 11.6 Å². The number of alkyl halides is 3. The van der Waals surface area contributed by atoms with E-state index in [2.05, 4.69) is 10.3 Å². The number of hydrogen-bond acceptors (Lipinski definition) is 3. The molecule has 144 valence electrons. The first-order chi connectivity index (χ1) is 13.3. The van der Waals surface area contributed by atoms with Crippen LogP contribution in [0.1, 0.15) is 15.9 Å². The van der Waals surface area contributed by atoms with Crippen molar-refractivity contribution < 1.29 is 22.7 Å². The van der Waals surface area contributed by atoms with Crippen molar-refractivity contribution in [1.82, 2.24) is 4.98 Å². The van der Waals surface area contributed by atoms with Gasteiger partial charge in [0.1, 0.15) is 5.75 Å². The zero-order chi connectivity index (χ0) is 20.3. The molecule has 0 saturated carbocycles. The second kappa shape index (κ2) is 7.90. The number of carbonyl (C=O) groups excluding carboxylic acids is 1. The first kappa shape index (κ1) is 19.7. The van der Waals surface area contributed by atoms with Crippen molar-refractivity contribution in [2.45, 2.75) is 6.18 Å². The smallest absolute Gasteiger partial charge is 0.420 e. The molecular weight excluding hydrogens is 393 g/mol. The summed E-state index contributed by atoms with van der Waals surface area (Å²) in [4.78, 5) is 16.6. The number of nitrogens with zero attached hydrogens (tertiary/aromatic N) is 1. The molecule has 2 aromatic carbocycles. The summed E-state index contributed by atoms with van der Waals surface area (Å²) in [7, 11) is 1.15. The van der Waals surface area contributed by atoms with Crippen LogP contribution in [0.15, 0.2) is 60.8 Å². The van der Waals surface area contributed by atoms with Gasteiger partial charge < -0.3 is 10.1 Å². The van der Waals surface area contributed by atoms with Crippen molar-refractivity contribution in [3.8, 4) is 17.0 Å². The van der Waals surface area contributed by atoms with E-state index in [4.69, 9.17) is 16.3 Å². The maximum atomic E-state index is 13.1. The number of carbonyl (C=O) groups is 1. The van der Waals surface area contributed by atoms with Crippen molar-refractivity contribution in [2.24, 2.45) is 0 Å². The summed E-state index contributed by atoms with van der Waals surface area (Å²) in [5, 5.41) is 2.93. The molecule has 1 N–H and O–H groups in total. The molecule has 0 unspecified atom stereocenters. The zero-order valence-corrected chi connectivity index (χ0v) is 15.3. The average molecular weight is 407 g/mol. The second-order valence-electron chi connectivity index (χ2n) is 5.78. The second-order valence-corrected chi connectivity index (χ2v) is 6.19. The van der Waals surface area contributed by atoms with Crippen LogP contribution in [0.4, 0.5) is 18.9 Å². The summed E-state index contributed by atoms with van der Waals surface area (Å²) in [5.74, 6) is -0.862. The van der Waals surface area contributed by atoms with Crippen molar-refractivity contribution in [2.75, 3.05) is 12.4 Å². The molecule has 0 bridgehead atoms. The maximum absolute atomic E-state index is 13.1. The molecule has 0 saturated heterocycles. The summed E-state index contributed by atoms with van der Waals surface area (Å²) >= 11 is 6.10. The Labute approximate surface area is 163 Å². The number of benzene rings is 2. The quantitative estimate of drug-likeness (QED) is 0.606. The minimum Gasteiger partial charge on any atom is -0.496 e. The monoisotopic (exact) mass is 406 g/mol. The molecule has 8 heteroatoms. The molecule has 3 rings (SSSR count). The highest BCUT2D eigenvalue weighted by Gasteiger charge is 2.34. The van der Waals surface area contributed by atoms with E-state index in [1.54, 1.807) is 42.6 Å². The highest BCUT2D eigenvalue weighted by molar-refractivity contribution is 6.33. The molecule has 0 atom stereocenters. The molecule has 0 fully saturated rings. The predicted molar refractivity (Wildman–Crippen MR) is 101 cm³/mol. The fourth-order valence-corrected chi connectivity index (χ4v) is 2.82. The molecule has 0 aliphatic heterocycles. The molecule has 3 aromatic rings. The zero-order valence-electron chi connectivity index (χ0n) is 14.5. The van der Waals surface area contributed by atoms with Crippen LogP contribution < -0.4 is 10.1 Å². The highest BCUT2D eigenvalue weighted by Crippen LogP contribution is 2.37. The highest BCUT2D eigenvalue weighted by atomic mass is 35.5. The van der Waals surface area contributed by atoms with E-state index in [-0.39, 0.29) is 17.0 Å². The molecule has 1 heterocycles. The van der Waals surface area contributed by atoms with E-state index >= 15 is 0 Å². The van der Waals surface area contributed by atoms with E-state index in [1.165, 1.54) is 6.07 Å². The first-order valence-corrected chi connectivity index (χ1v) is 8.45. The molecule has 0 radical (unpaired) electrons. The molecule has 0 spiro atoms. The number of aromatic nitrogens is 1. The lowest BCUT2D eigenvalue weighted by molar-refractivity contribution is -0.138. The standard InChI is InChI=1S/C20H14ClF3N2O2/c1-28-17-9-8-14(11-15(17)20(22,23)24)26-19(27)13-6-4-12(5-7-13)18-16(21)3-2-10-25-18/h2-11H,1H3,(H,26,27). The Hall–Kier alpha value is -3.06. The van der Waals surface area contributed by atoms with Crippen LogP contribution in [0.25, 0.3) is 11.3 Å². The minimum absolute atomic E-state index is 0.00923. The van der Waals surface area contributed by atoms with Crippen molar-refractivity contribution in [3.05, 3.63) is 76.9 Å². The number of nitrogens with one attached hydrogen (secondary N) is 1. The number of ether oxygens (including phenoxy) is 1. The fourth-order valence-electron chi connectivity index (χ4n) is 2.59. The van der Waals surface area contributed by atoms with Gasteiger partial charge in [-0.25, -0.2) is 0 Å². The summed E-state index contributed by atoms with van der Waals surface area (Å²) in [6.45, 7) is 0. The molecule has 1 amide bonds. The summed E-state index contributed by atoms with van der Waals surface area (Å²) < 4.78 is 44.0. The Morgan fingerprint density at radius 2 is 1.82 bits per heavy atom. The third kappa shape index (κ3) is 4.26. The predicted octanol–water partition coefficient (Wildman–Crippen LogP) is 5.68. The third-order valence-electron chi connectivity index (χ3n) is 3.94. The van der Waals surface area contributed by atoms with Crippen LogP contribution in [0.3, 0.4) is 0 Å². The number of methoxy groups -OCH3 is 1. The maximum Gasteiger partial charge on any atom is 0.420 e. The number of amides is 1. The van der Waals surface area contributed by atoms with E-state index in [0.717, 1.165) is 19.2 Å². The molecular formula is C20H14ClF3N2O2. The van der Waals surface area contributed by atoms with Crippen LogP contribution in [0.2, 0.25) is 5.02 Å². The number of rotatable bonds is 4. The molecule has 0 aliphatic carbocycles. The summed E-state index contributed by atoms with van der Waals surface area (Å²) in [6, 6.07) is 13.2. The van der Waals surface area contributed by atoms with Gasteiger partial charge in [0, 0.05) is 23.0 Å². The van der Waals surface area contributed by atoms with Crippen molar-refractivity contribution in [1.29, 1.82) is 0 Å². The van der Waals surface area contributed by atoms with Crippen LogP contribution in [-0.4, -0.2) is 18.0 Å². The van der Waals surface area contributed by atoms with Gasteiger partial charge in [0.25, 0.3) is 5.91 Å². The fraction of sp³-hybridized carbons (Fsp3) is 0.100. The van der Waals surface area contributed by atoms with Gasteiger partial charge >= 0.3 is 6.18 Å². The van der Waals surface area contributed by atoms with Crippen LogP contribution in [0, 0.1) is 0 Å². The Morgan fingerprint density at radius 1 is 1.11 bits per heavy atom. The van der Waals surface area contributed by atoms with Gasteiger partial charge in [-0.1, -0.05) is 23.7 Å². The van der Waals surface area contributed by atoms with E-state index in [0.29, 0.717) is 16.3 Å².